The first-order valence-corrected chi connectivity index (χ1v) is 9.86. The third kappa shape index (κ3) is 2.97. The number of pyridine rings is 2. The monoisotopic (exact) mass is 378 g/mol. The number of hydrogen-bond donors (Lipinski definition) is 0. The predicted octanol–water partition coefficient (Wildman–Crippen LogP) is 4.15. The highest BCUT2D eigenvalue weighted by atomic mass is 16.5. The summed E-state index contributed by atoms with van der Waals surface area (Å²) in [5, 5.41) is 0. The van der Waals surface area contributed by atoms with Gasteiger partial charge in [-0.15, -0.1) is 0 Å². The molecule has 0 aromatic carbocycles. The van der Waals surface area contributed by atoms with Gasteiger partial charge in [0.25, 0.3) is 5.56 Å². The molecule has 3 aromatic rings. The Hall–Kier alpha value is -2.76. The summed E-state index contributed by atoms with van der Waals surface area (Å²) in [5.41, 5.74) is 5.57. The molecule has 0 amide bonds. The number of ether oxygens (including phenoxy) is 1. The molecule has 0 unspecified atom stereocenters. The summed E-state index contributed by atoms with van der Waals surface area (Å²) in [5.74, 6) is 1.19. The zero-order valence-corrected chi connectivity index (χ0v) is 17.1. The molecule has 146 valence electrons. The summed E-state index contributed by atoms with van der Waals surface area (Å²) in [7, 11) is 1.62. The lowest BCUT2D eigenvalue weighted by Gasteiger charge is -2.21. The summed E-state index contributed by atoms with van der Waals surface area (Å²) >= 11 is 0. The minimum Gasteiger partial charge on any atom is -0.481 e. The van der Waals surface area contributed by atoms with E-state index < -0.39 is 0 Å². The van der Waals surface area contributed by atoms with Crippen molar-refractivity contribution in [2.24, 2.45) is 5.92 Å². The molecule has 1 aliphatic rings. The quantitative estimate of drug-likeness (QED) is 0.667. The van der Waals surface area contributed by atoms with Crippen molar-refractivity contribution in [1.29, 1.82) is 0 Å². The molecule has 6 heteroatoms. The van der Waals surface area contributed by atoms with Crippen molar-refractivity contribution in [1.82, 2.24) is 19.5 Å². The second kappa shape index (κ2) is 7.00. The van der Waals surface area contributed by atoms with Gasteiger partial charge in [-0.1, -0.05) is 6.92 Å². The molecular formula is C22H26N4O2. The number of aryl methyl sites for hydroxylation is 3. The fourth-order valence-electron chi connectivity index (χ4n) is 4.11. The van der Waals surface area contributed by atoms with Gasteiger partial charge in [0.1, 0.15) is 11.2 Å². The first kappa shape index (κ1) is 18.6. The number of hydrogen-bond acceptors (Lipinski definition) is 5. The van der Waals surface area contributed by atoms with Gasteiger partial charge in [0.15, 0.2) is 0 Å². The van der Waals surface area contributed by atoms with E-state index in [1.165, 1.54) is 12.8 Å². The van der Waals surface area contributed by atoms with Crippen LogP contribution in [0.5, 0.6) is 5.88 Å². The molecule has 0 saturated heterocycles. The average Bonchev–Trinajstić information content (AvgIpc) is 3.51. The lowest BCUT2D eigenvalue weighted by atomic mass is 10.0. The van der Waals surface area contributed by atoms with Crippen molar-refractivity contribution in [3.8, 4) is 17.1 Å². The van der Waals surface area contributed by atoms with Gasteiger partial charge in [-0.3, -0.25) is 9.78 Å². The maximum absolute atomic E-state index is 13.0. The van der Waals surface area contributed by atoms with Crippen LogP contribution < -0.4 is 10.3 Å². The topological polar surface area (TPSA) is 69.9 Å². The van der Waals surface area contributed by atoms with E-state index in [0.717, 1.165) is 40.0 Å². The Balaban J connectivity index is 2.01. The standard InChI is InChI=1S/C22H26N4O2/c1-6-17(15-7-8-15)26-18-9-10-23-19(20(18)24-14(4)22(26)27)16-11-12(2)21(28-5)25-13(16)3/h9-11,15,17H,6-8H2,1-5H3/t17-/m1/s1. The summed E-state index contributed by atoms with van der Waals surface area (Å²) in [6, 6.07) is 4.16. The molecule has 6 nitrogen and oxygen atoms in total. The van der Waals surface area contributed by atoms with Gasteiger partial charge in [0, 0.05) is 23.4 Å². The van der Waals surface area contributed by atoms with Gasteiger partial charge in [-0.25, -0.2) is 9.97 Å². The van der Waals surface area contributed by atoms with Gasteiger partial charge in [-0.05, 0) is 58.1 Å². The van der Waals surface area contributed by atoms with Crippen LogP contribution in [0.15, 0.2) is 23.1 Å². The molecule has 28 heavy (non-hydrogen) atoms. The highest BCUT2D eigenvalue weighted by molar-refractivity contribution is 5.90. The van der Waals surface area contributed by atoms with Crippen LogP contribution in [0, 0.1) is 26.7 Å². The molecule has 0 radical (unpaired) electrons. The highest BCUT2D eigenvalue weighted by Gasteiger charge is 2.33. The molecular weight excluding hydrogens is 352 g/mol. The average molecular weight is 378 g/mol. The van der Waals surface area contributed by atoms with Crippen molar-refractivity contribution < 1.29 is 4.74 Å². The molecule has 3 heterocycles. The largest absolute Gasteiger partial charge is 0.481 e. The Morgan fingerprint density at radius 2 is 1.96 bits per heavy atom. The molecule has 1 atom stereocenters. The van der Waals surface area contributed by atoms with Crippen LogP contribution in [-0.2, 0) is 0 Å². The van der Waals surface area contributed by atoms with E-state index in [2.05, 4.69) is 21.9 Å². The molecule has 1 fully saturated rings. The fraction of sp³-hybridized carbons (Fsp3) is 0.455. The van der Waals surface area contributed by atoms with Crippen molar-refractivity contribution in [2.45, 2.75) is 53.0 Å². The van der Waals surface area contributed by atoms with Crippen LogP contribution in [0.4, 0.5) is 0 Å². The van der Waals surface area contributed by atoms with Crippen LogP contribution >= 0.6 is 0 Å². The molecule has 0 aliphatic heterocycles. The third-order valence-corrected chi connectivity index (χ3v) is 5.69. The Bertz CT molecular complexity index is 1120. The van der Waals surface area contributed by atoms with E-state index in [1.807, 2.05) is 30.5 Å². The number of fused-ring (bicyclic) bond motifs is 1. The third-order valence-electron chi connectivity index (χ3n) is 5.69. The molecule has 0 spiro atoms. The highest BCUT2D eigenvalue weighted by Crippen LogP contribution is 2.42. The van der Waals surface area contributed by atoms with Crippen LogP contribution in [0.2, 0.25) is 0 Å². The van der Waals surface area contributed by atoms with Crippen molar-refractivity contribution in [2.75, 3.05) is 7.11 Å². The van der Waals surface area contributed by atoms with Gasteiger partial charge in [-0.2, -0.15) is 0 Å². The van der Waals surface area contributed by atoms with E-state index in [-0.39, 0.29) is 11.6 Å². The fourth-order valence-corrected chi connectivity index (χ4v) is 4.11. The Morgan fingerprint density at radius 3 is 2.61 bits per heavy atom. The van der Waals surface area contributed by atoms with Crippen LogP contribution in [0.3, 0.4) is 0 Å². The first-order chi connectivity index (χ1) is 13.5. The van der Waals surface area contributed by atoms with Gasteiger partial charge in [0.05, 0.1) is 24.0 Å². The van der Waals surface area contributed by atoms with Gasteiger partial charge < -0.3 is 9.30 Å². The van der Waals surface area contributed by atoms with Crippen molar-refractivity contribution in [3.05, 3.63) is 45.6 Å². The van der Waals surface area contributed by atoms with E-state index >= 15 is 0 Å². The smallest absolute Gasteiger partial charge is 0.272 e. The number of methoxy groups -OCH3 is 1. The molecule has 3 aromatic heterocycles. The maximum Gasteiger partial charge on any atom is 0.272 e. The second-order valence-corrected chi connectivity index (χ2v) is 7.66. The Kier molecular flexibility index (Phi) is 4.65. The van der Waals surface area contributed by atoms with E-state index in [1.54, 1.807) is 20.2 Å². The molecule has 4 rings (SSSR count). The van der Waals surface area contributed by atoms with Crippen LogP contribution in [-0.4, -0.2) is 26.6 Å². The maximum atomic E-state index is 13.0. The summed E-state index contributed by atoms with van der Waals surface area (Å²) in [6.45, 7) is 7.85. The Labute approximate surface area is 164 Å². The van der Waals surface area contributed by atoms with Crippen molar-refractivity contribution in [3.63, 3.8) is 0 Å². The molecule has 0 N–H and O–H groups in total. The number of nitrogens with zero attached hydrogens (tertiary/aromatic N) is 4. The lowest BCUT2D eigenvalue weighted by molar-refractivity contribution is 0.394. The zero-order chi connectivity index (χ0) is 20.0. The minimum absolute atomic E-state index is 0.00385. The van der Waals surface area contributed by atoms with E-state index in [0.29, 0.717) is 17.5 Å². The number of rotatable bonds is 5. The van der Waals surface area contributed by atoms with E-state index in [9.17, 15) is 4.79 Å². The van der Waals surface area contributed by atoms with Crippen LogP contribution in [0.25, 0.3) is 22.3 Å². The van der Waals surface area contributed by atoms with E-state index in [4.69, 9.17) is 4.74 Å². The van der Waals surface area contributed by atoms with Crippen LogP contribution in [0.1, 0.15) is 49.2 Å². The summed E-state index contributed by atoms with van der Waals surface area (Å²) in [4.78, 5) is 26.9. The van der Waals surface area contributed by atoms with Gasteiger partial charge >= 0.3 is 0 Å². The SMILES string of the molecule is CC[C@H](C1CC1)n1c(=O)c(C)nc2c(-c3cc(C)c(OC)nc3C)nccc21. The lowest BCUT2D eigenvalue weighted by Crippen LogP contribution is -2.29. The summed E-state index contributed by atoms with van der Waals surface area (Å²) in [6.07, 6.45) is 5.07. The zero-order valence-electron chi connectivity index (χ0n) is 17.1. The first-order valence-electron chi connectivity index (χ1n) is 9.86. The predicted molar refractivity (Wildman–Crippen MR) is 110 cm³/mol. The normalized spacial score (nSPS) is 15.0. The molecule has 0 bridgehead atoms. The Morgan fingerprint density at radius 1 is 1.21 bits per heavy atom. The minimum atomic E-state index is 0.00385. The van der Waals surface area contributed by atoms with Crippen molar-refractivity contribution >= 4 is 11.0 Å². The second-order valence-electron chi connectivity index (χ2n) is 7.66. The molecule has 1 saturated carbocycles. The van der Waals surface area contributed by atoms with Gasteiger partial charge in [0.2, 0.25) is 5.88 Å². The molecule has 1 aliphatic carbocycles. The number of aromatic nitrogens is 4. The summed E-state index contributed by atoms with van der Waals surface area (Å²) < 4.78 is 7.30.